The fourth-order valence-corrected chi connectivity index (χ4v) is 2.68. The lowest BCUT2D eigenvalue weighted by Crippen LogP contribution is -2.33. The van der Waals surface area contributed by atoms with Gasteiger partial charge in [0.15, 0.2) is 0 Å². The molecule has 0 saturated heterocycles. The molecule has 1 aromatic carbocycles. The third kappa shape index (κ3) is 9.59. The van der Waals surface area contributed by atoms with Gasteiger partial charge >= 0.3 is 5.97 Å². The van der Waals surface area contributed by atoms with Gasteiger partial charge in [-0.25, -0.2) is 0 Å². The van der Waals surface area contributed by atoms with Gasteiger partial charge in [-0.3, -0.25) is 14.4 Å². The molecular weight excluding hydrogens is 368 g/mol. The zero-order chi connectivity index (χ0) is 22.2. The summed E-state index contributed by atoms with van der Waals surface area (Å²) in [5, 5.41) is 2.78. The van der Waals surface area contributed by atoms with Crippen molar-refractivity contribution in [2.75, 3.05) is 20.1 Å². The number of amides is 2. The van der Waals surface area contributed by atoms with E-state index in [1.54, 1.807) is 24.1 Å². The first-order chi connectivity index (χ1) is 13.3. The molecular formula is C23H36N2O4. The predicted octanol–water partition coefficient (Wildman–Crippen LogP) is 3.68. The lowest BCUT2D eigenvalue weighted by Gasteiger charge is -2.20. The van der Waals surface area contributed by atoms with E-state index < -0.39 is 5.60 Å². The monoisotopic (exact) mass is 404 g/mol. The van der Waals surface area contributed by atoms with Gasteiger partial charge in [0, 0.05) is 38.5 Å². The lowest BCUT2D eigenvalue weighted by molar-refractivity contribution is -0.155. The van der Waals surface area contributed by atoms with Crippen molar-refractivity contribution < 1.29 is 19.1 Å². The summed E-state index contributed by atoms with van der Waals surface area (Å²) in [7, 11) is 1.70. The fourth-order valence-electron chi connectivity index (χ4n) is 2.68. The van der Waals surface area contributed by atoms with Crippen molar-refractivity contribution in [1.29, 1.82) is 0 Å². The van der Waals surface area contributed by atoms with Crippen LogP contribution < -0.4 is 5.32 Å². The van der Waals surface area contributed by atoms with Crippen molar-refractivity contribution in [2.45, 2.75) is 71.8 Å². The lowest BCUT2D eigenvalue weighted by atomic mass is 9.87. The quantitative estimate of drug-likeness (QED) is 0.671. The molecule has 0 radical (unpaired) electrons. The van der Waals surface area contributed by atoms with E-state index >= 15 is 0 Å². The number of carbonyl (C=O) groups excluding carboxylic acids is 3. The van der Waals surface area contributed by atoms with Crippen LogP contribution in [0.5, 0.6) is 0 Å². The highest BCUT2D eigenvalue weighted by Crippen LogP contribution is 2.22. The number of ether oxygens (including phenoxy) is 1. The van der Waals surface area contributed by atoms with Gasteiger partial charge in [0.1, 0.15) is 5.60 Å². The summed E-state index contributed by atoms with van der Waals surface area (Å²) in [6.07, 6.45) is 1.04. The molecule has 0 aromatic heterocycles. The van der Waals surface area contributed by atoms with E-state index in [4.69, 9.17) is 4.74 Å². The number of esters is 1. The van der Waals surface area contributed by atoms with E-state index in [9.17, 15) is 14.4 Å². The first-order valence-corrected chi connectivity index (χ1v) is 10.1. The third-order valence-corrected chi connectivity index (χ3v) is 4.36. The van der Waals surface area contributed by atoms with Crippen molar-refractivity contribution in [1.82, 2.24) is 10.2 Å². The Morgan fingerprint density at radius 2 is 1.55 bits per heavy atom. The molecule has 0 aliphatic rings. The molecule has 1 aromatic rings. The summed E-state index contributed by atoms with van der Waals surface area (Å²) in [6, 6.07) is 7.53. The van der Waals surface area contributed by atoms with E-state index in [0.717, 1.165) is 5.56 Å². The third-order valence-electron chi connectivity index (χ3n) is 4.36. The van der Waals surface area contributed by atoms with Crippen molar-refractivity contribution in [2.24, 2.45) is 0 Å². The molecule has 0 fully saturated rings. The van der Waals surface area contributed by atoms with Crippen LogP contribution in [0.1, 0.15) is 76.7 Å². The Kier molecular flexibility index (Phi) is 8.86. The summed E-state index contributed by atoms with van der Waals surface area (Å²) in [5.41, 5.74) is 1.29. The molecule has 0 heterocycles. The second kappa shape index (κ2) is 10.4. The van der Waals surface area contributed by atoms with Gasteiger partial charge < -0.3 is 15.0 Å². The SMILES string of the molecule is CN(CCCC(=O)OC(C)(C)C)C(=O)CCNC(=O)c1ccc(C(C)(C)C)cc1. The first kappa shape index (κ1) is 24.7. The van der Waals surface area contributed by atoms with Crippen LogP contribution in [0.25, 0.3) is 0 Å². The Balaban J connectivity index is 2.33. The molecule has 1 rings (SSSR count). The topological polar surface area (TPSA) is 75.7 Å². The molecule has 29 heavy (non-hydrogen) atoms. The van der Waals surface area contributed by atoms with Crippen molar-refractivity contribution >= 4 is 17.8 Å². The maximum Gasteiger partial charge on any atom is 0.306 e. The summed E-state index contributed by atoms with van der Waals surface area (Å²) in [5.74, 6) is -0.522. The second-order valence-electron chi connectivity index (χ2n) is 9.34. The molecule has 0 aliphatic heterocycles. The van der Waals surface area contributed by atoms with Crippen LogP contribution in [-0.2, 0) is 19.7 Å². The largest absolute Gasteiger partial charge is 0.460 e. The van der Waals surface area contributed by atoms with Gasteiger partial charge in [0.2, 0.25) is 5.91 Å². The zero-order valence-corrected chi connectivity index (χ0v) is 18.9. The van der Waals surface area contributed by atoms with E-state index in [-0.39, 0.29) is 42.6 Å². The first-order valence-electron chi connectivity index (χ1n) is 10.1. The van der Waals surface area contributed by atoms with Crippen LogP contribution in [0.3, 0.4) is 0 Å². The molecule has 0 atom stereocenters. The minimum atomic E-state index is -0.496. The Hall–Kier alpha value is -2.37. The van der Waals surface area contributed by atoms with Crippen LogP contribution in [0.2, 0.25) is 0 Å². The van der Waals surface area contributed by atoms with Crippen molar-refractivity contribution in [3.63, 3.8) is 0 Å². The van der Waals surface area contributed by atoms with Gasteiger partial charge in [-0.2, -0.15) is 0 Å². The predicted molar refractivity (Wildman–Crippen MR) is 115 cm³/mol. The highest BCUT2D eigenvalue weighted by atomic mass is 16.6. The molecule has 6 heteroatoms. The average Bonchev–Trinajstić information content (AvgIpc) is 2.59. The average molecular weight is 405 g/mol. The Morgan fingerprint density at radius 3 is 2.07 bits per heavy atom. The molecule has 2 amide bonds. The maximum atomic E-state index is 12.2. The van der Waals surface area contributed by atoms with Gasteiger partial charge in [0.25, 0.3) is 5.91 Å². The summed E-state index contributed by atoms with van der Waals surface area (Å²) in [6.45, 7) is 12.6. The number of nitrogens with zero attached hydrogens (tertiary/aromatic N) is 1. The second-order valence-corrected chi connectivity index (χ2v) is 9.34. The Labute approximate surface area is 175 Å². The normalized spacial score (nSPS) is 11.7. The van der Waals surface area contributed by atoms with E-state index in [0.29, 0.717) is 18.5 Å². The van der Waals surface area contributed by atoms with Gasteiger partial charge in [-0.05, 0) is 50.3 Å². The van der Waals surface area contributed by atoms with Crippen LogP contribution >= 0.6 is 0 Å². The van der Waals surface area contributed by atoms with E-state index in [1.807, 2.05) is 32.9 Å². The summed E-state index contributed by atoms with van der Waals surface area (Å²) < 4.78 is 5.25. The number of rotatable bonds is 8. The van der Waals surface area contributed by atoms with Crippen LogP contribution in [0.15, 0.2) is 24.3 Å². The summed E-state index contributed by atoms with van der Waals surface area (Å²) >= 11 is 0. The van der Waals surface area contributed by atoms with Crippen molar-refractivity contribution in [3.05, 3.63) is 35.4 Å². The molecule has 0 saturated carbocycles. The molecule has 0 aliphatic carbocycles. The molecule has 0 unspecified atom stereocenters. The van der Waals surface area contributed by atoms with Crippen LogP contribution in [0, 0.1) is 0 Å². The van der Waals surface area contributed by atoms with E-state index in [2.05, 4.69) is 26.1 Å². The number of carbonyl (C=O) groups is 3. The highest BCUT2D eigenvalue weighted by Gasteiger charge is 2.17. The van der Waals surface area contributed by atoms with Crippen LogP contribution in [-0.4, -0.2) is 48.4 Å². The molecule has 0 spiro atoms. The maximum absolute atomic E-state index is 12.2. The molecule has 1 N–H and O–H groups in total. The van der Waals surface area contributed by atoms with E-state index in [1.165, 1.54) is 0 Å². The molecule has 0 bridgehead atoms. The van der Waals surface area contributed by atoms with Crippen molar-refractivity contribution in [3.8, 4) is 0 Å². The number of benzene rings is 1. The van der Waals surface area contributed by atoms with Gasteiger partial charge in [-0.1, -0.05) is 32.9 Å². The standard InChI is InChI=1S/C23H36N2O4/c1-22(2,3)18-12-10-17(11-13-18)21(28)24-15-14-19(26)25(7)16-8-9-20(27)29-23(4,5)6/h10-13H,8-9,14-16H2,1-7H3,(H,24,28). The zero-order valence-electron chi connectivity index (χ0n) is 18.9. The number of hydrogen-bond acceptors (Lipinski definition) is 4. The summed E-state index contributed by atoms with van der Waals surface area (Å²) in [4.78, 5) is 37.7. The minimum Gasteiger partial charge on any atom is -0.460 e. The number of nitrogens with one attached hydrogen (secondary N) is 1. The smallest absolute Gasteiger partial charge is 0.306 e. The Bertz CT molecular complexity index is 697. The minimum absolute atomic E-state index is 0.0372. The number of hydrogen-bond donors (Lipinski definition) is 1. The van der Waals surface area contributed by atoms with Crippen LogP contribution in [0.4, 0.5) is 0 Å². The Morgan fingerprint density at radius 1 is 0.966 bits per heavy atom. The molecule has 6 nitrogen and oxygen atoms in total. The fraction of sp³-hybridized carbons (Fsp3) is 0.609. The molecule has 162 valence electrons. The van der Waals surface area contributed by atoms with Gasteiger partial charge in [-0.15, -0.1) is 0 Å². The van der Waals surface area contributed by atoms with Gasteiger partial charge in [0.05, 0.1) is 0 Å². The highest BCUT2D eigenvalue weighted by molar-refractivity contribution is 5.94.